The Morgan fingerprint density at radius 2 is 1.82 bits per heavy atom. The summed E-state index contributed by atoms with van der Waals surface area (Å²) in [4.78, 5) is 9.96. The lowest BCUT2D eigenvalue weighted by Crippen LogP contribution is -2.30. The van der Waals surface area contributed by atoms with E-state index in [1.165, 1.54) is 28.6 Å². The molecule has 0 aliphatic carbocycles. The first-order chi connectivity index (χ1) is 7.86. The van der Waals surface area contributed by atoms with Crippen molar-refractivity contribution in [3.63, 3.8) is 0 Å². The van der Waals surface area contributed by atoms with Crippen LogP contribution in [0.25, 0.3) is 0 Å². The van der Waals surface area contributed by atoms with Gasteiger partial charge in [0, 0.05) is 18.7 Å². The van der Waals surface area contributed by atoms with Gasteiger partial charge in [0.2, 0.25) is 10.0 Å². The highest BCUT2D eigenvalue weighted by molar-refractivity contribution is 7.92. The summed E-state index contributed by atoms with van der Waals surface area (Å²) in [5.74, 6) is 0. The van der Waals surface area contributed by atoms with E-state index >= 15 is 0 Å². The third-order valence-electron chi connectivity index (χ3n) is 2.18. The van der Waals surface area contributed by atoms with Crippen LogP contribution in [0, 0.1) is 10.1 Å². The summed E-state index contributed by atoms with van der Waals surface area (Å²) in [6.45, 7) is 2.22. The molecule has 0 unspecified atom stereocenters. The maximum atomic E-state index is 11.5. The highest BCUT2D eigenvalue weighted by atomic mass is 32.2. The summed E-state index contributed by atoms with van der Waals surface area (Å²) in [5, 5.41) is 10.5. The molecule has 0 saturated heterocycles. The minimum absolute atomic E-state index is 0.0568. The van der Waals surface area contributed by atoms with E-state index in [1.54, 1.807) is 0 Å². The van der Waals surface area contributed by atoms with Gasteiger partial charge in [-0.05, 0) is 18.6 Å². The van der Waals surface area contributed by atoms with Crippen LogP contribution < -0.4 is 4.31 Å². The Hall–Kier alpha value is -1.63. The standard InChI is InChI=1S/C10H14N2O4S/c1-3-8-11(17(2,15)16)9-4-6-10(7-5-9)12(13)14/h4-7H,3,8H2,1-2H3. The molecule has 0 bridgehead atoms. The first-order valence-electron chi connectivity index (χ1n) is 5.08. The van der Waals surface area contributed by atoms with Crippen molar-refractivity contribution in [3.05, 3.63) is 34.4 Å². The van der Waals surface area contributed by atoms with Gasteiger partial charge in [-0.1, -0.05) is 6.92 Å². The predicted octanol–water partition coefficient (Wildman–Crippen LogP) is 1.77. The van der Waals surface area contributed by atoms with Crippen molar-refractivity contribution < 1.29 is 13.3 Å². The van der Waals surface area contributed by atoms with Crippen molar-refractivity contribution in [2.45, 2.75) is 13.3 Å². The molecule has 0 saturated carbocycles. The second-order valence-electron chi connectivity index (χ2n) is 3.61. The van der Waals surface area contributed by atoms with Crippen molar-refractivity contribution in [2.75, 3.05) is 17.1 Å². The molecule has 0 radical (unpaired) electrons. The lowest BCUT2D eigenvalue weighted by Gasteiger charge is -2.21. The Labute approximate surface area is 100 Å². The maximum absolute atomic E-state index is 11.5. The number of non-ortho nitro benzene ring substituents is 1. The molecule has 0 spiro atoms. The molecule has 1 aromatic carbocycles. The monoisotopic (exact) mass is 258 g/mol. The van der Waals surface area contributed by atoms with Crippen LogP contribution in [0.15, 0.2) is 24.3 Å². The number of hydrogen-bond donors (Lipinski definition) is 0. The van der Waals surface area contributed by atoms with Crippen LogP contribution >= 0.6 is 0 Å². The molecule has 0 fully saturated rings. The fourth-order valence-electron chi connectivity index (χ4n) is 1.43. The van der Waals surface area contributed by atoms with Crippen LogP contribution in [-0.2, 0) is 10.0 Å². The lowest BCUT2D eigenvalue weighted by atomic mass is 10.3. The van der Waals surface area contributed by atoms with Gasteiger partial charge in [0.25, 0.3) is 5.69 Å². The molecular weight excluding hydrogens is 244 g/mol. The van der Waals surface area contributed by atoms with Crippen molar-refractivity contribution in [2.24, 2.45) is 0 Å². The number of sulfonamides is 1. The second-order valence-corrected chi connectivity index (χ2v) is 5.52. The first-order valence-corrected chi connectivity index (χ1v) is 6.93. The summed E-state index contributed by atoms with van der Waals surface area (Å²) >= 11 is 0. The van der Waals surface area contributed by atoms with Crippen LogP contribution in [0.2, 0.25) is 0 Å². The minimum Gasteiger partial charge on any atom is -0.270 e. The van der Waals surface area contributed by atoms with Crippen LogP contribution in [-0.4, -0.2) is 26.1 Å². The summed E-state index contributed by atoms with van der Waals surface area (Å²) in [5.41, 5.74) is 0.388. The van der Waals surface area contributed by atoms with Crippen molar-refractivity contribution in [3.8, 4) is 0 Å². The van der Waals surface area contributed by atoms with E-state index in [0.717, 1.165) is 6.26 Å². The third-order valence-corrected chi connectivity index (χ3v) is 3.37. The normalized spacial score (nSPS) is 11.2. The van der Waals surface area contributed by atoms with E-state index < -0.39 is 14.9 Å². The van der Waals surface area contributed by atoms with Gasteiger partial charge < -0.3 is 0 Å². The predicted molar refractivity (Wildman–Crippen MR) is 65.6 cm³/mol. The molecule has 94 valence electrons. The average Bonchev–Trinajstić information content (AvgIpc) is 2.24. The Kier molecular flexibility index (Phi) is 4.06. The van der Waals surface area contributed by atoms with Crippen molar-refractivity contribution in [1.82, 2.24) is 0 Å². The number of benzene rings is 1. The van der Waals surface area contributed by atoms with Crippen LogP contribution in [0.4, 0.5) is 11.4 Å². The van der Waals surface area contributed by atoms with Crippen molar-refractivity contribution in [1.29, 1.82) is 0 Å². The highest BCUT2D eigenvalue weighted by Crippen LogP contribution is 2.21. The van der Waals surface area contributed by atoms with Gasteiger partial charge in [-0.2, -0.15) is 0 Å². The van der Waals surface area contributed by atoms with E-state index in [2.05, 4.69) is 0 Å². The molecule has 17 heavy (non-hydrogen) atoms. The fraction of sp³-hybridized carbons (Fsp3) is 0.400. The molecule has 0 N–H and O–H groups in total. The highest BCUT2D eigenvalue weighted by Gasteiger charge is 2.17. The number of hydrogen-bond acceptors (Lipinski definition) is 4. The fourth-order valence-corrected chi connectivity index (χ4v) is 2.45. The van der Waals surface area contributed by atoms with E-state index in [0.29, 0.717) is 18.7 Å². The van der Waals surface area contributed by atoms with Gasteiger partial charge in [-0.25, -0.2) is 8.42 Å². The second kappa shape index (κ2) is 5.13. The first kappa shape index (κ1) is 13.4. The molecule has 0 aliphatic heterocycles. The Morgan fingerprint density at radius 3 is 2.18 bits per heavy atom. The smallest absolute Gasteiger partial charge is 0.269 e. The van der Waals surface area contributed by atoms with Crippen LogP contribution in [0.3, 0.4) is 0 Å². The summed E-state index contributed by atoms with van der Waals surface area (Å²) in [6.07, 6.45) is 1.79. The maximum Gasteiger partial charge on any atom is 0.269 e. The SMILES string of the molecule is CCCN(c1ccc([N+](=O)[O-])cc1)S(C)(=O)=O. The van der Waals surface area contributed by atoms with Gasteiger partial charge >= 0.3 is 0 Å². The van der Waals surface area contributed by atoms with Crippen LogP contribution in [0.5, 0.6) is 0 Å². The summed E-state index contributed by atoms with van der Waals surface area (Å²) < 4.78 is 24.3. The molecule has 0 amide bonds. The van der Waals surface area contributed by atoms with Gasteiger partial charge in [-0.3, -0.25) is 14.4 Å². The molecule has 0 aliphatic rings. The molecule has 1 rings (SSSR count). The quantitative estimate of drug-likeness (QED) is 0.595. The van der Waals surface area contributed by atoms with Gasteiger partial charge in [0.15, 0.2) is 0 Å². The topological polar surface area (TPSA) is 80.5 Å². The lowest BCUT2D eigenvalue weighted by molar-refractivity contribution is -0.384. The minimum atomic E-state index is -3.35. The average molecular weight is 258 g/mol. The van der Waals surface area contributed by atoms with Gasteiger partial charge in [0.05, 0.1) is 16.9 Å². The molecule has 0 aromatic heterocycles. The Balaban J connectivity index is 3.08. The van der Waals surface area contributed by atoms with E-state index in [9.17, 15) is 18.5 Å². The molecule has 0 heterocycles. The van der Waals surface area contributed by atoms with E-state index in [4.69, 9.17) is 0 Å². The number of nitrogens with zero attached hydrogens (tertiary/aromatic N) is 2. The largest absolute Gasteiger partial charge is 0.270 e. The molecular formula is C10H14N2O4S. The zero-order valence-electron chi connectivity index (χ0n) is 9.66. The Morgan fingerprint density at radius 1 is 1.29 bits per heavy atom. The van der Waals surface area contributed by atoms with E-state index in [1.807, 2.05) is 6.92 Å². The summed E-state index contributed by atoms with van der Waals surface area (Å²) in [6, 6.07) is 5.47. The van der Waals surface area contributed by atoms with Gasteiger partial charge in [-0.15, -0.1) is 0 Å². The van der Waals surface area contributed by atoms with Gasteiger partial charge in [0.1, 0.15) is 0 Å². The zero-order valence-corrected chi connectivity index (χ0v) is 10.5. The Bertz CT molecular complexity index is 496. The van der Waals surface area contributed by atoms with E-state index in [-0.39, 0.29) is 5.69 Å². The molecule has 1 aromatic rings. The van der Waals surface area contributed by atoms with Crippen LogP contribution in [0.1, 0.15) is 13.3 Å². The number of nitro benzene ring substituents is 1. The van der Waals surface area contributed by atoms with Crippen molar-refractivity contribution >= 4 is 21.4 Å². The summed E-state index contributed by atoms with van der Waals surface area (Å²) in [7, 11) is -3.35. The number of rotatable bonds is 5. The molecule has 0 atom stereocenters. The number of nitro groups is 1. The zero-order chi connectivity index (χ0) is 13.1. The number of anilines is 1. The molecule has 6 nitrogen and oxygen atoms in total. The third kappa shape index (κ3) is 3.42. The molecule has 7 heteroatoms.